The Morgan fingerprint density at radius 2 is 1.22 bits per heavy atom. The van der Waals surface area contributed by atoms with Gasteiger partial charge in [0.1, 0.15) is 0 Å². The molecule has 164 valence electrons. The summed E-state index contributed by atoms with van der Waals surface area (Å²) in [5.74, 6) is -0.916. The summed E-state index contributed by atoms with van der Waals surface area (Å²) < 4.78 is 4.66. The van der Waals surface area contributed by atoms with Gasteiger partial charge in [0.25, 0.3) is 0 Å². The van der Waals surface area contributed by atoms with Crippen molar-refractivity contribution in [2.24, 2.45) is 0 Å². The Balaban J connectivity index is 0. The van der Waals surface area contributed by atoms with E-state index in [4.69, 9.17) is 10.2 Å². The molecule has 0 bridgehead atoms. The maximum Gasteiger partial charge on any atom is 0.305 e. The van der Waals surface area contributed by atoms with Gasteiger partial charge in [0.2, 0.25) is 0 Å². The van der Waals surface area contributed by atoms with E-state index in [1.807, 2.05) is 0 Å². The highest BCUT2D eigenvalue weighted by Gasteiger charge is 2.10. The quantitative estimate of drug-likeness (QED) is 0.218. The number of aliphatic hydroxyl groups excluding tert-OH is 3. The normalized spacial score (nSPS) is 14.1. The van der Waals surface area contributed by atoms with Gasteiger partial charge in [-0.15, -0.1) is 0 Å². The predicted octanol–water partition coefficient (Wildman–Crippen LogP) is 4.25. The topological polar surface area (TPSA) is 107 Å². The lowest BCUT2D eigenvalue weighted by molar-refractivity contribution is -0.139. The molecule has 6 heteroatoms. The Hall–Kier alpha value is -0.690. The van der Waals surface area contributed by atoms with Crippen LogP contribution in [0.2, 0.25) is 0 Å². The standard InChI is InChI=1S/C11H24O3.C10H20O3/c1-3-4-5-6-7-8-10(12)9-11(13)14-2;1-2-3-4-5-6-7-9(11)8-10(12)13/h10-13H,3-9H2,1-2H3;9,11H,2-8H2,1H3,(H,12,13)/t10-,11-;9-/m11/s1. The molecule has 4 N–H and O–H groups in total. The Morgan fingerprint density at radius 3 is 1.63 bits per heavy atom. The molecule has 0 spiro atoms. The second-order valence-corrected chi connectivity index (χ2v) is 7.24. The van der Waals surface area contributed by atoms with Gasteiger partial charge in [-0.3, -0.25) is 4.79 Å². The van der Waals surface area contributed by atoms with Crippen molar-refractivity contribution in [1.82, 2.24) is 0 Å². The Labute approximate surface area is 165 Å². The molecule has 0 heterocycles. The molecule has 0 aliphatic carbocycles. The van der Waals surface area contributed by atoms with Crippen molar-refractivity contribution in [1.29, 1.82) is 0 Å². The second-order valence-electron chi connectivity index (χ2n) is 7.24. The van der Waals surface area contributed by atoms with E-state index in [-0.39, 0.29) is 6.42 Å². The van der Waals surface area contributed by atoms with Crippen LogP contribution < -0.4 is 0 Å². The number of aliphatic carboxylic acids is 1. The monoisotopic (exact) mass is 392 g/mol. The van der Waals surface area contributed by atoms with Gasteiger partial charge in [-0.1, -0.05) is 78.1 Å². The van der Waals surface area contributed by atoms with E-state index < -0.39 is 24.5 Å². The van der Waals surface area contributed by atoms with E-state index in [1.165, 1.54) is 52.1 Å². The zero-order valence-electron chi connectivity index (χ0n) is 17.7. The lowest BCUT2D eigenvalue weighted by Crippen LogP contribution is -2.18. The van der Waals surface area contributed by atoms with Crippen LogP contribution in [0.25, 0.3) is 0 Å². The fourth-order valence-corrected chi connectivity index (χ4v) is 2.72. The molecular formula is C21H44O6. The molecule has 0 saturated heterocycles. The van der Waals surface area contributed by atoms with Crippen LogP contribution in [0.1, 0.15) is 104 Å². The fourth-order valence-electron chi connectivity index (χ4n) is 2.72. The van der Waals surface area contributed by atoms with Crippen molar-refractivity contribution in [2.45, 2.75) is 122 Å². The SMILES string of the molecule is CCCCCCC[C@@H](O)CC(=O)O.CCCCCCC[C@@H](O)C[C@H](O)OC. The van der Waals surface area contributed by atoms with Crippen molar-refractivity contribution in [3.63, 3.8) is 0 Å². The summed E-state index contributed by atoms with van der Waals surface area (Å²) in [5.41, 5.74) is 0. The van der Waals surface area contributed by atoms with E-state index in [0.29, 0.717) is 12.8 Å². The highest BCUT2D eigenvalue weighted by atomic mass is 16.6. The number of carboxylic acids is 1. The molecule has 0 saturated carbocycles. The Kier molecular flexibility index (Phi) is 22.8. The molecule has 0 unspecified atom stereocenters. The number of unbranched alkanes of at least 4 members (excludes halogenated alkanes) is 8. The van der Waals surface area contributed by atoms with E-state index in [0.717, 1.165) is 25.7 Å². The van der Waals surface area contributed by atoms with Crippen molar-refractivity contribution < 1.29 is 30.0 Å². The number of rotatable bonds is 17. The van der Waals surface area contributed by atoms with Gasteiger partial charge in [0.05, 0.1) is 18.6 Å². The van der Waals surface area contributed by atoms with Gasteiger partial charge in [-0.2, -0.15) is 0 Å². The molecule has 0 radical (unpaired) electrons. The predicted molar refractivity (Wildman–Crippen MR) is 109 cm³/mol. The third-order valence-electron chi connectivity index (χ3n) is 4.44. The van der Waals surface area contributed by atoms with Crippen molar-refractivity contribution in [3.05, 3.63) is 0 Å². The molecule has 3 atom stereocenters. The van der Waals surface area contributed by atoms with E-state index in [2.05, 4.69) is 18.6 Å². The molecular weight excluding hydrogens is 348 g/mol. The summed E-state index contributed by atoms with van der Waals surface area (Å²) in [5, 5.41) is 36.1. The Morgan fingerprint density at radius 1 is 0.778 bits per heavy atom. The second kappa shape index (κ2) is 21.6. The van der Waals surface area contributed by atoms with Gasteiger partial charge >= 0.3 is 5.97 Å². The summed E-state index contributed by atoms with van der Waals surface area (Å²) in [6, 6.07) is 0. The molecule has 27 heavy (non-hydrogen) atoms. The van der Waals surface area contributed by atoms with Crippen LogP contribution in [-0.4, -0.2) is 52.0 Å². The maximum absolute atomic E-state index is 10.2. The molecule has 0 aliphatic rings. The van der Waals surface area contributed by atoms with E-state index in [9.17, 15) is 15.0 Å². The summed E-state index contributed by atoms with van der Waals surface area (Å²) in [7, 11) is 1.44. The van der Waals surface area contributed by atoms with Gasteiger partial charge in [0.15, 0.2) is 6.29 Å². The first-order valence-electron chi connectivity index (χ1n) is 10.7. The average Bonchev–Trinajstić information content (AvgIpc) is 2.61. The molecule has 0 amide bonds. The smallest absolute Gasteiger partial charge is 0.305 e. The number of hydrogen-bond acceptors (Lipinski definition) is 5. The highest BCUT2D eigenvalue weighted by molar-refractivity contribution is 5.67. The third-order valence-corrected chi connectivity index (χ3v) is 4.44. The first kappa shape index (κ1) is 28.5. The summed E-state index contributed by atoms with van der Waals surface area (Å²) in [6.07, 6.45) is 11.3. The van der Waals surface area contributed by atoms with Crippen LogP contribution in [0.5, 0.6) is 0 Å². The minimum absolute atomic E-state index is 0.117. The van der Waals surface area contributed by atoms with Crippen LogP contribution in [0.4, 0.5) is 0 Å². The lowest BCUT2D eigenvalue weighted by atomic mass is 10.1. The van der Waals surface area contributed by atoms with Crippen LogP contribution in [-0.2, 0) is 9.53 Å². The minimum atomic E-state index is -0.916. The van der Waals surface area contributed by atoms with Crippen LogP contribution in [0.3, 0.4) is 0 Å². The van der Waals surface area contributed by atoms with Crippen LogP contribution >= 0.6 is 0 Å². The average molecular weight is 393 g/mol. The van der Waals surface area contributed by atoms with Gasteiger partial charge in [-0.25, -0.2) is 0 Å². The van der Waals surface area contributed by atoms with Crippen molar-refractivity contribution in [3.8, 4) is 0 Å². The number of aliphatic hydroxyl groups is 3. The number of ether oxygens (including phenoxy) is 1. The summed E-state index contributed by atoms with van der Waals surface area (Å²) >= 11 is 0. The lowest BCUT2D eigenvalue weighted by Gasteiger charge is -2.13. The van der Waals surface area contributed by atoms with Crippen molar-refractivity contribution in [2.75, 3.05) is 7.11 Å². The maximum atomic E-state index is 10.2. The number of hydrogen-bond donors (Lipinski definition) is 4. The summed E-state index contributed by atoms with van der Waals surface area (Å²) in [4.78, 5) is 10.2. The molecule has 0 fully saturated rings. The van der Waals surface area contributed by atoms with Gasteiger partial charge in [0, 0.05) is 13.5 Å². The molecule has 0 aromatic carbocycles. The zero-order valence-corrected chi connectivity index (χ0v) is 17.7. The summed E-state index contributed by atoms with van der Waals surface area (Å²) in [6.45, 7) is 4.34. The fraction of sp³-hybridized carbons (Fsp3) is 0.952. The minimum Gasteiger partial charge on any atom is -0.481 e. The number of carboxylic acid groups (broad SMARTS) is 1. The van der Waals surface area contributed by atoms with Gasteiger partial charge in [-0.05, 0) is 12.8 Å². The number of methoxy groups -OCH3 is 1. The first-order chi connectivity index (χ1) is 12.9. The highest BCUT2D eigenvalue weighted by Crippen LogP contribution is 2.11. The van der Waals surface area contributed by atoms with Crippen LogP contribution in [0, 0.1) is 0 Å². The first-order valence-corrected chi connectivity index (χ1v) is 10.7. The van der Waals surface area contributed by atoms with Crippen molar-refractivity contribution >= 4 is 5.97 Å². The third kappa shape index (κ3) is 25.3. The molecule has 0 rings (SSSR count). The number of carbonyl (C=O) groups is 1. The van der Waals surface area contributed by atoms with Gasteiger partial charge < -0.3 is 25.2 Å². The van der Waals surface area contributed by atoms with E-state index >= 15 is 0 Å². The largest absolute Gasteiger partial charge is 0.481 e. The Bertz CT molecular complexity index is 311. The molecule has 6 nitrogen and oxygen atoms in total. The molecule has 0 aromatic heterocycles. The molecule has 0 aromatic rings. The van der Waals surface area contributed by atoms with Crippen LogP contribution in [0.15, 0.2) is 0 Å². The van der Waals surface area contributed by atoms with E-state index in [1.54, 1.807) is 0 Å². The zero-order chi connectivity index (χ0) is 20.9. The molecule has 0 aliphatic heterocycles.